The maximum atomic E-state index is 11.4. The lowest BCUT2D eigenvalue weighted by atomic mass is 10.1. The Bertz CT molecular complexity index is 432. The molecular weight excluding hydrogens is 228 g/mol. The van der Waals surface area contributed by atoms with Crippen LogP contribution in [0.2, 0.25) is 0 Å². The Kier molecular flexibility index (Phi) is 6.33. The zero-order valence-electron chi connectivity index (χ0n) is 10.2. The Labute approximate surface area is 107 Å². The number of allylic oxidation sites excluding steroid dienone is 1. The Hall–Kier alpha value is -2.03. The molecule has 0 atom stereocenters. The lowest BCUT2D eigenvalue weighted by Gasteiger charge is -1.96. The average molecular weight is 244 g/mol. The maximum Gasteiger partial charge on any atom is 0.147 e. The van der Waals surface area contributed by atoms with E-state index in [9.17, 15) is 14.4 Å². The van der Waals surface area contributed by atoms with Crippen molar-refractivity contribution in [1.82, 2.24) is 0 Å². The number of Topliss-reactive ketones (excluding diaryl/α,β-unsaturated/α-hetero) is 2. The van der Waals surface area contributed by atoms with Crippen LogP contribution in [0.1, 0.15) is 31.2 Å². The monoisotopic (exact) mass is 244 g/mol. The Morgan fingerprint density at radius 3 is 2.44 bits per heavy atom. The van der Waals surface area contributed by atoms with Gasteiger partial charge in [0.05, 0.1) is 12.8 Å². The molecule has 0 radical (unpaired) electrons. The minimum Gasteiger partial charge on any atom is -0.303 e. The summed E-state index contributed by atoms with van der Waals surface area (Å²) < 4.78 is 0. The molecule has 0 fully saturated rings. The fourth-order valence-electron chi connectivity index (χ4n) is 1.50. The van der Waals surface area contributed by atoms with Gasteiger partial charge in [-0.25, -0.2) is 0 Å². The Morgan fingerprint density at radius 1 is 1.06 bits per heavy atom. The van der Waals surface area contributed by atoms with Crippen molar-refractivity contribution in [2.24, 2.45) is 0 Å². The summed E-state index contributed by atoms with van der Waals surface area (Å²) in [4.78, 5) is 32.5. The molecule has 0 aliphatic carbocycles. The van der Waals surface area contributed by atoms with Crippen LogP contribution in [0, 0.1) is 0 Å². The fourth-order valence-corrected chi connectivity index (χ4v) is 1.50. The van der Waals surface area contributed by atoms with Gasteiger partial charge >= 0.3 is 0 Å². The molecule has 0 unspecified atom stereocenters. The van der Waals surface area contributed by atoms with Crippen molar-refractivity contribution in [1.29, 1.82) is 0 Å². The van der Waals surface area contributed by atoms with Gasteiger partial charge in [-0.2, -0.15) is 0 Å². The number of rotatable bonds is 8. The van der Waals surface area contributed by atoms with Gasteiger partial charge in [-0.3, -0.25) is 9.59 Å². The first-order valence-electron chi connectivity index (χ1n) is 5.91. The number of hydrogen-bond donors (Lipinski definition) is 0. The molecule has 1 aromatic carbocycles. The molecule has 0 heterocycles. The predicted molar refractivity (Wildman–Crippen MR) is 70.0 cm³/mol. The second kappa shape index (κ2) is 8.12. The zero-order valence-corrected chi connectivity index (χ0v) is 10.2. The van der Waals surface area contributed by atoms with Gasteiger partial charge in [-0.05, 0) is 12.0 Å². The summed E-state index contributed by atoms with van der Waals surface area (Å²) in [5.74, 6) is -0.415. The summed E-state index contributed by atoms with van der Waals surface area (Å²) >= 11 is 0. The third-order valence-corrected chi connectivity index (χ3v) is 2.41. The number of ketones is 2. The first-order chi connectivity index (χ1) is 8.72. The van der Waals surface area contributed by atoms with E-state index >= 15 is 0 Å². The first kappa shape index (κ1) is 14.0. The molecule has 0 bridgehead atoms. The van der Waals surface area contributed by atoms with Crippen LogP contribution < -0.4 is 0 Å². The van der Waals surface area contributed by atoms with Gasteiger partial charge in [0.15, 0.2) is 0 Å². The SMILES string of the molecule is O=CCC(=O)CC(=O)CCC=Cc1ccccc1. The van der Waals surface area contributed by atoms with Crippen LogP contribution in [-0.2, 0) is 14.4 Å². The quantitative estimate of drug-likeness (QED) is 0.521. The summed E-state index contributed by atoms with van der Waals surface area (Å²) in [5, 5.41) is 0. The van der Waals surface area contributed by atoms with Gasteiger partial charge in [0.1, 0.15) is 17.9 Å². The van der Waals surface area contributed by atoms with Gasteiger partial charge in [-0.15, -0.1) is 0 Å². The van der Waals surface area contributed by atoms with Gasteiger partial charge in [-0.1, -0.05) is 42.5 Å². The van der Waals surface area contributed by atoms with E-state index in [0.29, 0.717) is 19.1 Å². The standard InChI is InChI=1S/C15H16O3/c16-11-10-15(18)12-14(17)9-5-4-8-13-6-2-1-3-7-13/h1-4,6-8,11H,5,9-10,12H2. The van der Waals surface area contributed by atoms with Gasteiger partial charge in [0.2, 0.25) is 0 Å². The minimum absolute atomic E-state index is 0.112. The lowest BCUT2D eigenvalue weighted by molar-refractivity contribution is -0.127. The highest BCUT2D eigenvalue weighted by atomic mass is 16.2. The van der Waals surface area contributed by atoms with Crippen molar-refractivity contribution in [3.8, 4) is 0 Å². The Balaban J connectivity index is 2.25. The van der Waals surface area contributed by atoms with Crippen molar-refractivity contribution in [3.05, 3.63) is 42.0 Å². The van der Waals surface area contributed by atoms with Gasteiger partial charge < -0.3 is 4.79 Å². The molecule has 0 spiro atoms. The summed E-state index contributed by atoms with van der Waals surface area (Å²) in [6.07, 6.45) is 5.06. The second-order valence-corrected chi connectivity index (χ2v) is 3.98. The molecule has 3 heteroatoms. The van der Waals surface area contributed by atoms with E-state index in [0.717, 1.165) is 5.56 Å². The van der Waals surface area contributed by atoms with Crippen molar-refractivity contribution >= 4 is 23.9 Å². The minimum atomic E-state index is -0.304. The van der Waals surface area contributed by atoms with E-state index in [-0.39, 0.29) is 24.4 Å². The highest BCUT2D eigenvalue weighted by Gasteiger charge is 2.07. The second-order valence-electron chi connectivity index (χ2n) is 3.98. The molecule has 18 heavy (non-hydrogen) atoms. The van der Waals surface area contributed by atoms with Gasteiger partial charge in [0, 0.05) is 6.42 Å². The molecule has 0 amide bonds. The number of benzene rings is 1. The molecule has 0 aliphatic heterocycles. The third-order valence-electron chi connectivity index (χ3n) is 2.41. The van der Waals surface area contributed by atoms with E-state index in [4.69, 9.17) is 0 Å². The smallest absolute Gasteiger partial charge is 0.147 e. The van der Waals surface area contributed by atoms with Crippen molar-refractivity contribution in [3.63, 3.8) is 0 Å². The summed E-state index contributed by atoms with van der Waals surface area (Å²) in [5.41, 5.74) is 1.09. The number of carbonyl (C=O) groups is 3. The van der Waals surface area contributed by atoms with Crippen LogP contribution in [0.15, 0.2) is 36.4 Å². The molecule has 0 aliphatic rings. The van der Waals surface area contributed by atoms with Crippen LogP contribution in [0.25, 0.3) is 6.08 Å². The average Bonchev–Trinajstić information content (AvgIpc) is 2.36. The lowest BCUT2D eigenvalue weighted by Crippen LogP contribution is -2.07. The van der Waals surface area contributed by atoms with E-state index in [2.05, 4.69) is 0 Å². The Morgan fingerprint density at radius 2 is 1.78 bits per heavy atom. The summed E-state index contributed by atoms with van der Waals surface area (Å²) in [6, 6.07) is 9.79. The molecular formula is C15H16O3. The maximum absolute atomic E-state index is 11.4. The topological polar surface area (TPSA) is 51.2 Å². The molecule has 94 valence electrons. The van der Waals surface area contributed by atoms with Gasteiger partial charge in [0.25, 0.3) is 0 Å². The largest absolute Gasteiger partial charge is 0.303 e. The van der Waals surface area contributed by atoms with Crippen molar-refractivity contribution in [2.75, 3.05) is 0 Å². The highest BCUT2D eigenvalue weighted by Crippen LogP contribution is 2.04. The number of hydrogen-bond acceptors (Lipinski definition) is 3. The van der Waals surface area contributed by atoms with Crippen molar-refractivity contribution < 1.29 is 14.4 Å². The molecule has 0 aromatic heterocycles. The van der Waals surface area contributed by atoms with Crippen LogP contribution in [-0.4, -0.2) is 17.9 Å². The van der Waals surface area contributed by atoms with E-state index < -0.39 is 0 Å². The molecule has 1 rings (SSSR count). The van der Waals surface area contributed by atoms with Crippen LogP contribution in [0.5, 0.6) is 0 Å². The first-order valence-corrected chi connectivity index (χ1v) is 5.91. The van der Waals surface area contributed by atoms with E-state index in [1.54, 1.807) is 0 Å². The fraction of sp³-hybridized carbons (Fsp3) is 0.267. The summed E-state index contributed by atoms with van der Waals surface area (Å²) in [7, 11) is 0. The summed E-state index contributed by atoms with van der Waals surface area (Å²) in [6.45, 7) is 0. The predicted octanol–water partition coefficient (Wildman–Crippen LogP) is 2.60. The highest BCUT2D eigenvalue weighted by molar-refractivity contribution is 6.03. The zero-order chi connectivity index (χ0) is 13.2. The van der Waals surface area contributed by atoms with Crippen molar-refractivity contribution in [2.45, 2.75) is 25.7 Å². The van der Waals surface area contributed by atoms with Crippen LogP contribution in [0.3, 0.4) is 0 Å². The molecule has 0 N–H and O–H groups in total. The van der Waals surface area contributed by atoms with E-state index in [1.807, 2.05) is 42.5 Å². The molecule has 0 saturated heterocycles. The third kappa shape index (κ3) is 5.89. The van der Waals surface area contributed by atoms with E-state index in [1.165, 1.54) is 0 Å². The molecule has 3 nitrogen and oxygen atoms in total. The number of aldehydes is 1. The molecule has 0 saturated carbocycles. The van der Waals surface area contributed by atoms with Crippen LogP contribution >= 0.6 is 0 Å². The molecule has 1 aromatic rings. The normalized spacial score (nSPS) is 10.4. The van der Waals surface area contributed by atoms with Crippen LogP contribution in [0.4, 0.5) is 0 Å². The number of carbonyl (C=O) groups excluding carboxylic acids is 3.